The number of hydrogen-bond donors (Lipinski definition) is 0. The van der Waals surface area contributed by atoms with Crippen LogP contribution in [0, 0.1) is 5.92 Å². The van der Waals surface area contributed by atoms with Crippen LogP contribution in [0.5, 0.6) is 0 Å². The van der Waals surface area contributed by atoms with Gasteiger partial charge in [-0.3, -0.25) is 4.79 Å². The summed E-state index contributed by atoms with van der Waals surface area (Å²) in [6.45, 7) is 3.52. The molecule has 2 heterocycles. The largest absolute Gasteiger partial charge is 0.458 e. The van der Waals surface area contributed by atoms with Crippen LogP contribution < -0.4 is 0 Å². The highest BCUT2D eigenvalue weighted by Gasteiger charge is 2.54. The van der Waals surface area contributed by atoms with Gasteiger partial charge >= 0.3 is 17.9 Å². The highest BCUT2D eigenvalue weighted by atomic mass is 16.7. The van der Waals surface area contributed by atoms with Gasteiger partial charge in [-0.05, 0) is 13.3 Å². The van der Waals surface area contributed by atoms with Crippen LogP contribution in [0.25, 0.3) is 0 Å². The molecule has 1 saturated heterocycles. The van der Waals surface area contributed by atoms with E-state index in [-0.39, 0.29) is 11.5 Å². The van der Waals surface area contributed by atoms with E-state index in [9.17, 15) is 14.4 Å². The number of fused-ring (bicyclic) bond motifs is 3. The number of carbonyl (C=O) groups excluding carboxylic acids is 3. The molecule has 0 bridgehead atoms. The lowest BCUT2D eigenvalue weighted by Crippen LogP contribution is -2.19. The van der Waals surface area contributed by atoms with Crippen molar-refractivity contribution in [1.82, 2.24) is 0 Å². The smallest absolute Gasteiger partial charge is 0.338 e. The molecule has 7 nitrogen and oxygen atoms in total. The summed E-state index contributed by atoms with van der Waals surface area (Å²) in [5, 5.41) is 0. The van der Waals surface area contributed by atoms with E-state index in [4.69, 9.17) is 18.9 Å². The van der Waals surface area contributed by atoms with Crippen molar-refractivity contribution in [3.05, 3.63) is 58.9 Å². The van der Waals surface area contributed by atoms with Crippen LogP contribution >= 0.6 is 0 Å². The zero-order chi connectivity index (χ0) is 19.8. The topological polar surface area (TPSA) is 88.1 Å². The summed E-state index contributed by atoms with van der Waals surface area (Å²) in [5.74, 6) is -1.83. The Balaban J connectivity index is 1.62. The third-order valence-corrected chi connectivity index (χ3v) is 5.06. The maximum Gasteiger partial charge on any atom is 0.338 e. The van der Waals surface area contributed by atoms with E-state index < -0.39 is 36.4 Å². The summed E-state index contributed by atoms with van der Waals surface area (Å²) in [6, 6.07) is 7.44. The van der Waals surface area contributed by atoms with Crippen LogP contribution in [0.4, 0.5) is 0 Å². The van der Waals surface area contributed by atoms with Crippen LogP contribution in [0.1, 0.15) is 50.0 Å². The third kappa shape index (κ3) is 3.06. The number of cyclic esters (lactones) is 1. The lowest BCUT2D eigenvalue weighted by molar-refractivity contribution is -0.153. The van der Waals surface area contributed by atoms with Gasteiger partial charge in [0.2, 0.25) is 0 Å². The number of ether oxygens (including phenoxy) is 4. The zero-order valence-corrected chi connectivity index (χ0v) is 15.5. The van der Waals surface area contributed by atoms with Gasteiger partial charge in [0.15, 0.2) is 0 Å². The van der Waals surface area contributed by atoms with E-state index in [2.05, 4.69) is 0 Å². The average molecular weight is 384 g/mol. The molecule has 1 aromatic carbocycles. The van der Waals surface area contributed by atoms with Crippen LogP contribution in [0.3, 0.4) is 0 Å². The molecule has 3 aliphatic rings. The van der Waals surface area contributed by atoms with Crippen molar-refractivity contribution in [3.8, 4) is 0 Å². The summed E-state index contributed by atoms with van der Waals surface area (Å²) in [5.41, 5.74) is 2.34. The number of esters is 3. The van der Waals surface area contributed by atoms with Crippen LogP contribution in [0.2, 0.25) is 0 Å². The molecule has 0 amide bonds. The van der Waals surface area contributed by atoms with E-state index in [1.165, 1.54) is 12.3 Å². The normalized spacial score (nSPS) is 29.1. The molecule has 28 heavy (non-hydrogen) atoms. The average Bonchev–Trinajstić information content (AvgIpc) is 3.26. The molecule has 0 unspecified atom stereocenters. The lowest BCUT2D eigenvalue weighted by atomic mass is 9.95. The number of carbonyl (C=O) groups is 3. The quantitative estimate of drug-likeness (QED) is 0.334. The lowest BCUT2D eigenvalue weighted by Gasteiger charge is -2.19. The summed E-state index contributed by atoms with van der Waals surface area (Å²) in [7, 11) is 0. The highest BCUT2D eigenvalue weighted by molar-refractivity contribution is 5.92. The molecule has 1 fully saturated rings. The minimum atomic E-state index is -0.892. The van der Waals surface area contributed by atoms with Crippen molar-refractivity contribution in [3.63, 3.8) is 0 Å². The van der Waals surface area contributed by atoms with E-state index in [1.54, 1.807) is 6.92 Å². The Kier molecular flexibility index (Phi) is 4.66. The van der Waals surface area contributed by atoms with Gasteiger partial charge in [0, 0.05) is 29.2 Å². The predicted molar refractivity (Wildman–Crippen MR) is 95.3 cm³/mol. The molecule has 4 rings (SSSR count). The first-order chi connectivity index (χ1) is 13.5. The second kappa shape index (κ2) is 7.14. The van der Waals surface area contributed by atoms with Crippen LogP contribution in [0.15, 0.2) is 47.7 Å². The van der Waals surface area contributed by atoms with Gasteiger partial charge < -0.3 is 18.9 Å². The second-order valence-electron chi connectivity index (χ2n) is 6.97. The third-order valence-electron chi connectivity index (χ3n) is 5.06. The van der Waals surface area contributed by atoms with Gasteiger partial charge in [-0.1, -0.05) is 31.2 Å². The van der Waals surface area contributed by atoms with E-state index >= 15 is 0 Å². The summed E-state index contributed by atoms with van der Waals surface area (Å²) in [6.07, 6.45) is 1.68. The van der Waals surface area contributed by atoms with Crippen LogP contribution in [-0.2, 0) is 33.3 Å². The van der Waals surface area contributed by atoms with Crippen molar-refractivity contribution in [2.75, 3.05) is 0 Å². The minimum Gasteiger partial charge on any atom is -0.458 e. The molecule has 1 aliphatic carbocycles. The Labute approximate surface area is 161 Å². The predicted octanol–water partition coefficient (Wildman–Crippen LogP) is 3.03. The number of rotatable bonds is 5. The van der Waals surface area contributed by atoms with E-state index in [1.807, 2.05) is 31.2 Å². The highest BCUT2D eigenvalue weighted by Crippen LogP contribution is 2.55. The Bertz CT molecular complexity index is 898. The van der Waals surface area contributed by atoms with Crippen molar-refractivity contribution in [2.45, 2.75) is 45.2 Å². The van der Waals surface area contributed by atoms with Crippen molar-refractivity contribution in [2.24, 2.45) is 5.92 Å². The van der Waals surface area contributed by atoms with E-state index in [0.29, 0.717) is 18.4 Å². The summed E-state index contributed by atoms with van der Waals surface area (Å²) >= 11 is 0. The second-order valence-corrected chi connectivity index (χ2v) is 6.97. The zero-order valence-electron chi connectivity index (χ0n) is 15.5. The molecule has 2 aliphatic heterocycles. The Hall–Kier alpha value is -3.09. The molecule has 0 saturated carbocycles. The minimum absolute atomic E-state index is 0.254. The molecule has 1 aromatic rings. The Morgan fingerprint density at radius 1 is 1.14 bits per heavy atom. The maximum absolute atomic E-state index is 12.5. The summed E-state index contributed by atoms with van der Waals surface area (Å²) in [4.78, 5) is 36.1. The van der Waals surface area contributed by atoms with Crippen LogP contribution in [-0.4, -0.2) is 24.2 Å². The molecule has 0 aromatic heterocycles. The van der Waals surface area contributed by atoms with Crippen molar-refractivity contribution >= 4 is 17.9 Å². The van der Waals surface area contributed by atoms with Crippen molar-refractivity contribution in [1.29, 1.82) is 0 Å². The molecule has 146 valence electrons. The first kappa shape index (κ1) is 18.3. The molecule has 7 heteroatoms. The van der Waals surface area contributed by atoms with E-state index in [0.717, 1.165) is 11.1 Å². The monoisotopic (exact) mass is 384 g/mol. The first-order valence-corrected chi connectivity index (χ1v) is 9.23. The molecular formula is C21H20O7. The molecule has 0 N–H and O–H groups in total. The van der Waals surface area contributed by atoms with Gasteiger partial charge in [0.05, 0.1) is 17.8 Å². The van der Waals surface area contributed by atoms with Gasteiger partial charge in [-0.15, -0.1) is 0 Å². The fourth-order valence-electron chi connectivity index (χ4n) is 3.74. The number of hydrogen-bond acceptors (Lipinski definition) is 7. The molecule has 0 radical (unpaired) electrons. The maximum atomic E-state index is 12.5. The first-order valence-electron chi connectivity index (χ1n) is 9.23. The molecular weight excluding hydrogens is 364 g/mol. The standard InChI is InChI=1S/C21H20O7/c1-3-6-15(22)26-18-12-7-4-5-8-13(12)19-17(18)14(21(24)28-19)10-25-16-9-11(2)20(23)27-16/h4-5,7-10,16-19H,3,6H2,1-2H3/b14-10+/t16-,17-,18+,19+/m1/s1. The van der Waals surface area contributed by atoms with Gasteiger partial charge in [-0.2, -0.15) is 0 Å². The van der Waals surface area contributed by atoms with Gasteiger partial charge in [-0.25, -0.2) is 9.59 Å². The molecule has 4 atom stereocenters. The molecule has 0 spiro atoms. The summed E-state index contributed by atoms with van der Waals surface area (Å²) < 4.78 is 21.8. The van der Waals surface area contributed by atoms with Gasteiger partial charge in [0.25, 0.3) is 6.29 Å². The fraction of sp³-hybridized carbons (Fsp3) is 0.381. The SMILES string of the molecule is CCCC(=O)O[C@H]1c2ccccc2[C@@H]2OC(=O)/C(=C/O[C@H]3C=C(C)C(=O)O3)[C@H]12. The number of benzene rings is 1. The Morgan fingerprint density at radius 2 is 1.89 bits per heavy atom. The fourth-order valence-corrected chi connectivity index (χ4v) is 3.74. The van der Waals surface area contributed by atoms with Gasteiger partial charge in [0.1, 0.15) is 12.2 Å². The Morgan fingerprint density at radius 3 is 2.57 bits per heavy atom. The van der Waals surface area contributed by atoms with Crippen molar-refractivity contribution < 1.29 is 33.3 Å².